The molecule has 19 heavy (non-hydrogen) atoms. The third-order valence-electron chi connectivity index (χ3n) is 2.74. The van der Waals surface area contributed by atoms with E-state index in [9.17, 15) is 8.42 Å². The van der Waals surface area contributed by atoms with Gasteiger partial charge in [0.15, 0.2) is 0 Å². The van der Waals surface area contributed by atoms with Crippen LogP contribution in [-0.4, -0.2) is 43.3 Å². The zero-order valence-corrected chi connectivity index (χ0v) is 13.3. The lowest BCUT2D eigenvalue weighted by atomic mass is 10.4. The number of nitrogens with one attached hydrogen (secondary N) is 1. The van der Waals surface area contributed by atoms with Crippen molar-refractivity contribution >= 4 is 21.8 Å². The fourth-order valence-electron chi connectivity index (χ4n) is 1.90. The van der Waals surface area contributed by atoms with Gasteiger partial charge in [0.25, 0.3) is 0 Å². The molecule has 0 spiro atoms. The zero-order chi connectivity index (χ0) is 14.5. The lowest BCUT2D eigenvalue weighted by molar-refractivity contribution is 0.577. The molecule has 6 nitrogen and oxygen atoms in total. The molecule has 0 saturated carbocycles. The first kappa shape index (κ1) is 16.5. The van der Waals surface area contributed by atoms with Crippen molar-refractivity contribution in [1.29, 1.82) is 0 Å². The zero-order valence-electron chi connectivity index (χ0n) is 11.6. The molecule has 1 rings (SSSR count). The predicted octanol–water partition coefficient (Wildman–Crippen LogP) is 0.490. The van der Waals surface area contributed by atoms with Gasteiger partial charge in [-0.25, -0.2) is 13.1 Å². The first-order chi connectivity index (χ1) is 8.94. The second kappa shape index (κ2) is 7.28. The van der Waals surface area contributed by atoms with Crippen molar-refractivity contribution in [2.75, 3.05) is 25.1 Å². The van der Waals surface area contributed by atoms with E-state index in [0.717, 1.165) is 12.2 Å². The number of hydrogen-bond donors (Lipinski definition) is 2. The third-order valence-corrected chi connectivity index (χ3v) is 5.15. The monoisotopic (exact) mass is 306 g/mol. The van der Waals surface area contributed by atoms with Crippen LogP contribution < -0.4 is 10.5 Å². The van der Waals surface area contributed by atoms with E-state index in [1.807, 2.05) is 6.26 Å². The van der Waals surface area contributed by atoms with Gasteiger partial charge in [0.2, 0.25) is 10.0 Å². The molecule has 0 fully saturated rings. The first-order valence-electron chi connectivity index (χ1n) is 6.16. The van der Waals surface area contributed by atoms with Crippen LogP contribution in [0.5, 0.6) is 0 Å². The summed E-state index contributed by atoms with van der Waals surface area (Å²) in [5.74, 6) is 0.937. The number of aryl methyl sites for hydroxylation is 1. The average Bonchev–Trinajstić information content (AvgIpc) is 2.61. The van der Waals surface area contributed by atoms with Crippen LogP contribution in [0.4, 0.5) is 0 Å². The van der Waals surface area contributed by atoms with Crippen molar-refractivity contribution in [3.8, 4) is 0 Å². The largest absolute Gasteiger partial charge is 0.329 e. The number of hydrogen-bond acceptors (Lipinski definition) is 5. The Bertz CT molecular complexity index is 511. The number of nitrogens with zero attached hydrogens (tertiary/aromatic N) is 2. The van der Waals surface area contributed by atoms with Crippen molar-refractivity contribution in [3.05, 3.63) is 11.4 Å². The van der Waals surface area contributed by atoms with Gasteiger partial charge in [-0.3, -0.25) is 4.68 Å². The van der Waals surface area contributed by atoms with Crippen molar-refractivity contribution < 1.29 is 8.42 Å². The molecule has 0 aliphatic rings. The Balaban J connectivity index is 2.89. The summed E-state index contributed by atoms with van der Waals surface area (Å²) in [5.41, 5.74) is 6.64. The maximum Gasteiger partial charge on any atom is 0.244 e. The maximum absolute atomic E-state index is 12.3. The van der Waals surface area contributed by atoms with Gasteiger partial charge in [0.05, 0.1) is 17.9 Å². The first-order valence-corrected chi connectivity index (χ1v) is 9.04. The van der Waals surface area contributed by atoms with Gasteiger partial charge in [-0.2, -0.15) is 16.9 Å². The van der Waals surface area contributed by atoms with E-state index in [2.05, 4.69) is 9.82 Å². The Morgan fingerprint density at radius 3 is 2.68 bits per heavy atom. The highest BCUT2D eigenvalue weighted by Gasteiger charge is 2.23. The van der Waals surface area contributed by atoms with Gasteiger partial charge in [-0.1, -0.05) is 0 Å². The van der Waals surface area contributed by atoms with Crippen molar-refractivity contribution in [2.24, 2.45) is 5.73 Å². The predicted molar refractivity (Wildman–Crippen MR) is 78.9 cm³/mol. The smallest absolute Gasteiger partial charge is 0.244 e. The minimum absolute atomic E-state index is 0.283. The van der Waals surface area contributed by atoms with Crippen molar-refractivity contribution in [3.63, 3.8) is 0 Å². The number of thioether (sulfide) groups is 1. The van der Waals surface area contributed by atoms with E-state index in [1.54, 1.807) is 30.3 Å². The molecule has 0 aliphatic carbocycles. The summed E-state index contributed by atoms with van der Waals surface area (Å²) in [6.45, 7) is 4.87. The van der Waals surface area contributed by atoms with Gasteiger partial charge in [-0.05, 0) is 32.3 Å². The van der Waals surface area contributed by atoms with Gasteiger partial charge in [0.1, 0.15) is 4.90 Å². The van der Waals surface area contributed by atoms with Crippen LogP contribution in [-0.2, 0) is 16.6 Å². The molecule has 1 aromatic heterocycles. The Morgan fingerprint density at radius 1 is 1.42 bits per heavy atom. The fraction of sp³-hybridized carbons (Fsp3) is 0.727. The second-order valence-electron chi connectivity index (χ2n) is 4.26. The van der Waals surface area contributed by atoms with Crippen LogP contribution in [0.3, 0.4) is 0 Å². The van der Waals surface area contributed by atoms with Gasteiger partial charge < -0.3 is 5.73 Å². The summed E-state index contributed by atoms with van der Waals surface area (Å²) in [6.07, 6.45) is 2.81. The minimum atomic E-state index is -3.48. The topological polar surface area (TPSA) is 90.0 Å². The number of sulfonamides is 1. The van der Waals surface area contributed by atoms with Crippen molar-refractivity contribution in [2.45, 2.75) is 31.7 Å². The lowest BCUT2D eigenvalue weighted by Crippen LogP contribution is -2.26. The summed E-state index contributed by atoms with van der Waals surface area (Å²) in [5, 5.41) is 4.22. The summed E-state index contributed by atoms with van der Waals surface area (Å²) >= 11 is 1.70. The number of aromatic nitrogens is 2. The Kier molecular flexibility index (Phi) is 6.31. The normalized spacial score (nSPS) is 12.0. The molecule has 110 valence electrons. The molecule has 0 aromatic carbocycles. The van der Waals surface area contributed by atoms with E-state index in [4.69, 9.17) is 5.73 Å². The summed E-state index contributed by atoms with van der Waals surface area (Å²) in [6, 6.07) is 0. The van der Waals surface area contributed by atoms with E-state index in [-0.39, 0.29) is 4.90 Å². The Morgan fingerprint density at radius 2 is 2.11 bits per heavy atom. The van der Waals surface area contributed by atoms with Crippen LogP contribution in [0.1, 0.15) is 17.8 Å². The molecule has 0 aliphatic heterocycles. The fourth-order valence-corrected chi connectivity index (χ4v) is 3.82. The van der Waals surface area contributed by atoms with Gasteiger partial charge >= 0.3 is 0 Å². The Labute approximate surface area is 119 Å². The van der Waals surface area contributed by atoms with Gasteiger partial charge in [-0.15, -0.1) is 0 Å². The molecule has 0 saturated heterocycles. The van der Waals surface area contributed by atoms with E-state index in [1.165, 1.54) is 0 Å². The highest BCUT2D eigenvalue weighted by Crippen LogP contribution is 2.18. The number of nitrogens with two attached hydrogens (primary N) is 1. The van der Waals surface area contributed by atoms with E-state index in [0.29, 0.717) is 31.0 Å². The molecule has 8 heteroatoms. The lowest BCUT2D eigenvalue weighted by Gasteiger charge is -2.07. The van der Waals surface area contributed by atoms with Crippen LogP contribution in [0.25, 0.3) is 0 Å². The molecular formula is C11H22N4O2S2. The van der Waals surface area contributed by atoms with E-state index >= 15 is 0 Å². The second-order valence-corrected chi connectivity index (χ2v) is 6.95. The molecule has 0 bridgehead atoms. The summed E-state index contributed by atoms with van der Waals surface area (Å²) < 4.78 is 28.8. The van der Waals surface area contributed by atoms with E-state index < -0.39 is 10.0 Å². The minimum Gasteiger partial charge on any atom is -0.329 e. The van der Waals surface area contributed by atoms with Crippen LogP contribution in [0, 0.1) is 13.8 Å². The molecule has 0 amide bonds. The number of rotatable bonds is 8. The van der Waals surface area contributed by atoms with Crippen LogP contribution in [0.15, 0.2) is 4.90 Å². The molecular weight excluding hydrogens is 284 g/mol. The SMILES string of the molecule is CSCCCNS(=O)(=O)c1c(C)nn(CCN)c1C. The van der Waals surface area contributed by atoms with Gasteiger partial charge in [0, 0.05) is 13.1 Å². The maximum atomic E-state index is 12.3. The van der Waals surface area contributed by atoms with Crippen LogP contribution >= 0.6 is 11.8 Å². The quantitative estimate of drug-likeness (QED) is 0.682. The molecule has 3 N–H and O–H groups in total. The van der Waals surface area contributed by atoms with Crippen LogP contribution in [0.2, 0.25) is 0 Å². The molecule has 0 unspecified atom stereocenters. The molecule has 0 radical (unpaired) electrons. The molecule has 1 aromatic rings. The summed E-state index contributed by atoms with van der Waals surface area (Å²) in [4.78, 5) is 0.283. The highest BCUT2D eigenvalue weighted by atomic mass is 32.2. The molecule has 0 atom stereocenters. The summed E-state index contributed by atoms with van der Waals surface area (Å²) in [7, 11) is -3.48. The Hall–Kier alpha value is -0.570. The molecule has 1 heterocycles. The third kappa shape index (κ3) is 4.20. The average molecular weight is 306 g/mol. The standard InChI is InChI=1S/C11H22N4O2S2/c1-9-11(10(2)15(14-9)7-5-12)19(16,17)13-6-4-8-18-3/h13H,4-8,12H2,1-3H3. The van der Waals surface area contributed by atoms with Crippen molar-refractivity contribution in [1.82, 2.24) is 14.5 Å². The highest BCUT2D eigenvalue weighted by molar-refractivity contribution is 7.98.